The number of aromatic nitrogens is 1. The number of aliphatic imine (C=N–C) groups is 1. The summed E-state index contributed by atoms with van der Waals surface area (Å²) in [5.41, 5.74) is 5.73. The molecule has 180 valence electrons. The lowest BCUT2D eigenvalue weighted by molar-refractivity contribution is 0.656. The molecule has 1 aliphatic rings. The third-order valence-electron chi connectivity index (χ3n) is 5.94. The molecule has 1 aromatic carbocycles. The van der Waals surface area contributed by atoms with Gasteiger partial charge < -0.3 is 5.32 Å². The van der Waals surface area contributed by atoms with E-state index in [1.807, 2.05) is 44.3 Å². The lowest BCUT2D eigenvalue weighted by atomic mass is 9.99. The minimum absolute atomic E-state index is 0.192. The fraction of sp³-hybridized carbons (Fsp3) is 0.433. The van der Waals surface area contributed by atoms with E-state index in [1.165, 1.54) is 44.9 Å². The standard InChI is InChI=1S/C23H24N4.C7H16/c1-5-18-6-9-20(22-10-21(13-25-14-22)15(2)12-24)11-23(18)27-17(4)26-16(3)19-7-8-19;1-3-5-7-6-4-2/h5-6,9-11,13-15,19H,1,3,7-8H2,2,4H3,(H,26,27);3-7H2,1-2H3. The zero-order valence-electron chi connectivity index (χ0n) is 21.4. The molecule has 1 atom stereocenters. The van der Waals surface area contributed by atoms with Gasteiger partial charge in [0.2, 0.25) is 0 Å². The van der Waals surface area contributed by atoms with Crippen molar-refractivity contribution >= 4 is 17.6 Å². The van der Waals surface area contributed by atoms with Crippen LogP contribution >= 0.6 is 0 Å². The second kappa shape index (κ2) is 14.2. The summed E-state index contributed by atoms with van der Waals surface area (Å²) in [7, 11) is 0. The van der Waals surface area contributed by atoms with E-state index < -0.39 is 0 Å². The van der Waals surface area contributed by atoms with Crippen LogP contribution in [0, 0.1) is 17.2 Å². The molecule has 4 nitrogen and oxygen atoms in total. The minimum atomic E-state index is -0.192. The summed E-state index contributed by atoms with van der Waals surface area (Å²) in [5, 5.41) is 12.5. The second-order valence-corrected chi connectivity index (χ2v) is 9.02. The normalized spacial score (nSPS) is 13.8. The molecule has 3 rings (SSSR count). The molecule has 2 aromatic rings. The number of amidine groups is 1. The van der Waals surface area contributed by atoms with Crippen molar-refractivity contribution in [1.29, 1.82) is 5.26 Å². The molecule has 4 heteroatoms. The predicted molar refractivity (Wildman–Crippen MR) is 146 cm³/mol. The van der Waals surface area contributed by atoms with Crippen molar-refractivity contribution in [3.63, 3.8) is 0 Å². The van der Waals surface area contributed by atoms with Crippen LogP contribution in [0.5, 0.6) is 0 Å². The Kier molecular flexibility index (Phi) is 11.3. The van der Waals surface area contributed by atoms with Gasteiger partial charge >= 0.3 is 0 Å². The van der Waals surface area contributed by atoms with Crippen molar-refractivity contribution < 1.29 is 0 Å². The summed E-state index contributed by atoms with van der Waals surface area (Å²) in [6.45, 7) is 16.3. The summed E-state index contributed by atoms with van der Waals surface area (Å²) >= 11 is 0. The number of nitriles is 1. The smallest absolute Gasteiger partial charge is 0.103 e. The number of pyridine rings is 1. The Morgan fingerprint density at radius 3 is 2.47 bits per heavy atom. The van der Waals surface area contributed by atoms with Gasteiger partial charge in [-0.2, -0.15) is 5.26 Å². The van der Waals surface area contributed by atoms with Gasteiger partial charge in [0.1, 0.15) is 5.84 Å². The molecular weight excluding hydrogens is 416 g/mol. The predicted octanol–water partition coefficient (Wildman–Crippen LogP) is 8.56. The van der Waals surface area contributed by atoms with Gasteiger partial charge in [-0.3, -0.25) is 4.98 Å². The van der Waals surface area contributed by atoms with E-state index in [9.17, 15) is 0 Å². The van der Waals surface area contributed by atoms with Crippen LogP contribution in [0.2, 0.25) is 0 Å². The van der Waals surface area contributed by atoms with Gasteiger partial charge in [0.15, 0.2) is 0 Å². The quantitative estimate of drug-likeness (QED) is 0.221. The highest BCUT2D eigenvalue weighted by atomic mass is 15.0. The molecule has 1 heterocycles. The SMILES string of the molecule is C=Cc1ccc(-c2cncc(C(C)C#N)c2)cc1N=C(C)NC(=C)C1CC1.CCCCCCC. The fourth-order valence-corrected chi connectivity index (χ4v) is 3.57. The van der Waals surface area contributed by atoms with Crippen molar-refractivity contribution in [3.8, 4) is 17.2 Å². The van der Waals surface area contributed by atoms with E-state index in [1.54, 1.807) is 12.3 Å². The van der Waals surface area contributed by atoms with Crippen LogP contribution in [0.3, 0.4) is 0 Å². The molecule has 1 fully saturated rings. The Balaban J connectivity index is 0.000000509. The zero-order chi connectivity index (χ0) is 24.9. The topological polar surface area (TPSA) is 61.1 Å². The summed E-state index contributed by atoms with van der Waals surface area (Å²) in [5.74, 6) is 1.20. The van der Waals surface area contributed by atoms with Crippen molar-refractivity contribution in [2.45, 2.75) is 78.6 Å². The number of hydrogen-bond donors (Lipinski definition) is 1. The highest BCUT2D eigenvalue weighted by molar-refractivity contribution is 5.86. The van der Waals surface area contributed by atoms with Crippen LogP contribution in [0.1, 0.15) is 89.7 Å². The van der Waals surface area contributed by atoms with E-state index in [0.29, 0.717) is 5.92 Å². The number of unbranched alkanes of at least 4 members (excludes halogenated alkanes) is 4. The van der Waals surface area contributed by atoms with Crippen LogP contribution in [0.15, 0.2) is 60.5 Å². The Bertz CT molecular complexity index is 1020. The second-order valence-electron chi connectivity index (χ2n) is 9.02. The average molecular weight is 457 g/mol. The highest BCUT2D eigenvalue weighted by Crippen LogP contribution is 2.34. The van der Waals surface area contributed by atoms with Crippen molar-refractivity contribution in [1.82, 2.24) is 10.3 Å². The number of hydrogen-bond acceptors (Lipinski definition) is 3. The van der Waals surface area contributed by atoms with E-state index in [-0.39, 0.29) is 5.92 Å². The van der Waals surface area contributed by atoms with E-state index in [0.717, 1.165) is 39.5 Å². The van der Waals surface area contributed by atoms with E-state index >= 15 is 0 Å². The number of nitrogens with zero attached hydrogens (tertiary/aromatic N) is 3. The molecule has 1 saturated carbocycles. The van der Waals surface area contributed by atoms with Crippen LogP contribution < -0.4 is 5.32 Å². The lowest BCUT2D eigenvalue weighted by Gasteiger charge is -2.11. The number of allylic oxidation sites excluding steroid dienone is 1. The third-order valence-corrected chi connectivity index (χ3v) is 5.94. The van der Waals surface area contributed by atoms with Gasteiger partial charge in [-0.15, -0.1) is 0 Å². The molecule has 1 aromatic heterocycles. The van der Waals surface area contributed by atoms with Gasteiger partial charge in [-0.1, -0.05) is 77.3 Å². The Morgan fingerprint density at radius 1 is 1.18 bits per heavy atom. The first-order valence-electron chi connectivity index (χ1n) is 12.6. The molecular formula is C30H40N4. The van der Waals surface area contributed by atoms with E-state index in [4.69, 9.17) is 10.3 Å². The molecule has 0 bridgehead atoms. The number of rotatable bonds is 10. The van der Waals surface area contributed by atoms with Crippen molar-refractivity contribution in [2.75, 3.05) is 0 Å². The van der Waals surface area contributed by atoms with Gasteiger partial charge in [0.05, 0.1) is 17.7 Å². The maximum atomic E-state index is 9.16. The first-order chi connectivity index (χ1) is 16.4. The minimum Gasteiger partial charge on any atom is -0.348 e. The molecule has 0 radical (unpaired) electrons. The Hall–Kier alpha value is -3.19. The van der Waals surface area contributed by atoms with Crippen LogP contribution in [0.25, 0.3) is 17.2 Å². The number of benzene rings is 1. The molecule has 0 spiro atoms. The first-order valence-corrected chi connectivity index (χ1v) is 12.6. The summed E-state index contributed by atoms with van der Waals surface area (Å²) in [4.78, 5) is 9.04. The molecule has 1 aliphatic carbocycles. The van der Waals surface area contributed by atoms with Crippen LogP contribution in [0.4, 0.5) is 5.69 Å². The Labute approximate surface area is 206 Å². The molecule has 0 aliphatic heterocycles. The molecule has 0 amide bonds. The van der Waals surface area contributed by atoms with Gasteiger partial charge in [-0.05, 0) is 61.4 Å². The molecule has 0 saturated heterocycles. The highest BCUT2D eigenvalue weighted by Gasteiger charge is 2.24. The molecule has 34 heavy (non-hydrogen) atoms. The maximum Gasteiger partial charge on any atom is 0.103 e. The summed E-state index contributed by atoms with van der Waals surface area (Å²) in [6, 6.07) is 10.3. The third kappa shape index (κ3) is 8.63. The molecule has 1 unspecified atom stereocenters. The number of nitrogens with one attached hydrogen (secondary N) is 1. The first kappa shape index (κ1) is 27.1. The van der Waals surface area contributed by atoms with Gasteiger partial charge in [-0.25, -0.2) is 4.99 Å². The summed E-state index contributed by atoms with van der Waals surface area (Å²) < 4.78 is 0. The average Bonchev–Trinajstić information content (AvgIpc) is 3.70. The maximum absolute atomic E-state index is 9.16. The fourth-order valence-electron chi connectivity index (χ4n) is 3.57. The van der Waals surface area contributed by atoms with E-state index in [2.05, 4.69) is 43.4 Å². The van der Waals surface area contributed by atoms with Crippen molar-refractivity contribution in [2.24, 2.45) is 10.9 Å². The zero-order valence-corrected chi connectivity index (χ0v) is 21.4. The summed E-state index contributed by atoms with van der Waals surface area (Å²) in [6.07, 6.45) is 14.8. The lowest BCUT2D eigenvalue weighted by Crippen LogP contribution is -2.19. The molecule has 1 N–H and O–H groups in total. The monoisotopic (exact) mass is 456 g/mol. The largest absolute Gasteiger partial charge is 0.348 e. The van der Waals surface area contributed by atoms with Crippen molar-refractivity contribution in [3.05, 3.63) is 66.6 Å². The van der Waals surface area contributed by atoms with Gasteiger partial charge in [0.25, 0.3) is 0 Å². The van der Waals surface area contributed by atoms with Crippen LogP contribution in [-0.4, -0.2) is 10.8 Å². The Morgan fingerprint density at radius 2 is 1.88 bits per heavy atom. The van der Waals surface area contributed by atoms with Crippen LogP contribution in [-0.2, 0) is 0 Å². The van der Waals surface area contributed by atoms with Gasteiger partial charge in [0, 0.05) is 23.7 Å².